The minimum Gasteiger partial charge on any atom is -0.456 e. The monoisotopic (exact) mass is 633 g/mol. The zero-order valence-corrected chi connectivity index (χ0v) is 26.6. The fourth-order valence-electron chi connectivity index (χ4n) is 7.19. The lowest BCUT2D eigenvalue weighted by Crippen LogP contribution is -2.11. The number of allylic oxidation sites excluding steroid dienone is 3. The summed E-state index contributed by atoms with van der Waals surface area (Å²) >= 11 is 1.92. The summed E-state index contributed by atoms with van der Waals surface area (Å²) in [4.78, 5) is 16.9. The van der Waals surface area contributed by atoms with Gasteiger partial charge in [-0.2, -0.15) is 0 Å². The molecule has 226 valence electrons. The van der Waals surface area contributed by atoms with Gasteiger partial charge in [-0.05, 0) is 51.7 Å². The quantitative estimate of drug-likeness (QED) is 0.193. The molecule has 0 fully saturated rings. The second kappa shape index (κ2) is 10.9. The molecule has 2 unspecified atom stereocenters. The van der Waals surface area contributed by atoms with E-state index in [9.17, 15) is 0 Å². The number of nitrogens with zero attached hydrogens (tertiary/aromatic N) is 3. The normalized spacial score (nSPS) is 16.7. The van der Waals surface area contributed by atoms with Crippen molar-refractivity contribution in [1.82, 2.24) is 15.0 Å². The summed E-state index contributed by atoms with van der Waals surface area (Å²) in [6.07, 6.45) is 6.84. The van der Waals surface area contributed by atoms with Crippen molar-refractivity contribution in [2.45, 2.75) is 16.1 Å². The highest BCUT2D eigenvalue weighted by molar-refractivity contribution is 8.00. The first-order chi connectivity index (χ1) is 23.8. The van der Waals surface area contributed by atoms with E-state index >= 15 is 0 Å². The van der Waals surface area contributed by atoms with Crippen molar-refractivity contribution in [3.05, 3.63) is 163 Å². The molecular weight excluding hydrogens is 607 g/mol. The highest BCUT2D eigenvalue weighted by Gasteiger charge is 2.32. The number of benzene rings is 6. The number of furan rings is 1. The Morgan fingerprint density at radius 2 is 1.29 bits per heavy atom. The van der Waals surface area contributed by atoms with Gasteiger partial charge in [-0.1, -0.05) is 127 Å². The molecular formula is C43H27N3OS. The number of aromatic nitrogens is 3. The molecule has 0 saturated heterocycles. The molecule has 0 saturated carbocycles. The van der Waals surface area contributed by atoms with E-state index in [2.05, 4.69) is 133 Å². The number of para-hydroxylation sites is 1. The summed E-state index contributed by atoms with van der Waals surface area (Å²) < 4.78 is 6.27. The van der Waals surface area contributed by atoms with Crippen molar-refractivity contribution in [3.63, 3.8) is 0 Å². The summed E-state index contributed by atoms with van der Waals surface area (Å²) in [5, 5.41) is 4.81. The molecule has 0 N–H and O–H groups in total. The molecule has 0 spiro atoms. The van der Waals surface area contributed by atoms with Gasteiger partial charge in [-0.3, -0.25) is 0 Å². The molecule has 10 rings (SSSR count). The number of thioether (sulfide) groups is 1. The highest BCUT2D eigenvalue weighted by Crippen LogP contribution is 2.49. The summed E-state index contributed by atoms with van der Waals surface area (Å²) in [6, 6.07) is 46.4. The zero-order valence-electron chi connectivity index (χ0n) is 25.7. The minimum atomic E-state index is 0.297. The Morgan fingerprint density at radius 3 is 2.25 bits per heavy atom. The smallest absolute Gasteiger partial charge is 0.164 e. The molecule has 4 nitrogen and oxygen atoms in total. The Morgan fingerprint density at radius 1 is 0.562 bits per heavy atom. The van der Waals surface area contributed by atoms with Crippen LogP contribution in [0.4, 0.5) is 0 Å². The molecule has 1 aliphatic carbocycles. The molecule has 48 heavy (non-hydrogen) atoms. The topological polar surface area (TPSA) is 51.8 Å². The number of hydrogen-bond acceptors (Lipinski definition) is 5. The van der Waals surface area contributed by atoms with E-state index in [4.69, 9.17) is 19.4 Å². The third kappa shape index (κ3) is 4.43. The standard InChI is InChI=1S/C43H27N3OS/c1-2-11-27-24-28(21-20-26(27)10-1)41-44-42(29-22-23-32-31-13-6-8-19-38(31)48-39(32)25-29)46-43(45-41)34-14-4-3-12-30(34)33-16-9-18-37-40(33)35-15-5-7-17-36(35)47-37/h1-25,32,39H. The minimum absolute atomic E-state index is 0.297. The molecule has 2 aromatic heterocycles. The molecule has 0 bridgehead atoms. The van der Waals surface area contributed by atoms with Crippen LogP contribution in [0, 0.1) is 0 Å². The van der Waals surface area contributed by atoms with Gasteiger partial charge in [-0.15, -0.1) is 11.8 Å². The molecule has 2 aliphatic rings. The Hall–Kier alpha value is -5.78. The second-order valence-corrected chi connectivity index (χ2v) is 13.5. The Labute approximate surface area is 281 Å². The fraction of sp³-hybridized carbons (Fsp3) is 0.0465. The predicted molar refractivity (Wildman–Crippen MR) is 197 cm³/mol. The van der Waals surface area contributed by atoms with Gasteiger partial charge in [0.1, 0.15) is 11.2 Å². The van der Waals surface area contributed by atoms with Crippen molar-refractivity contribution in [2.24, 2.45) is 0 Å². The third-order valence-corrected chi connectivity index (χ3v) is 10.8. The van der Waals surface area contributed by atoms with Crippen LogP contribution in [-0.2, 0) is 0 Å². The maximum absolute atomic E-state index is 6.27. The van der Waals surface area contributed by atoms with Gasteiger partial charge in [0.2, 0.25) is 0 Å². The Kier molecular flexibility index (Phi) is 6.21. The Balaban J connectivity index is 1.17. The van der Waals surface area contributed by atoms with E-state index in [0.717, 1.165) is 55.2 Å². The molecule has 5 heteroatoms. The molecule has 8 aromatic rings. The average molecular weight is 634 g/mol. The number of hydrogen-bond donors (Lipinski definition) is 0. The number of fused-ring (bicyclic) bond motifs is 7. The molecule has 2 atom stereocenters. The lowest BCUT2D eigenvalue weighted by molar-refractivity contribution is 0.669. The average Bonchev–Trinajstić information content (AvgIpc) is 3.72. The van der Waals surface area contributed by atoms with Crippen LogP contribution in [0.1, 0.15) is 17.3 Å². The maximum atomic E-state index is 6.27. The van der Waals surface area contributed by atoms with Crippen molar-refractivity contribution >= 4 is 50.0 Å². The van der Waals surface area contributed by atoms with E-state index in [0.29, 0.717) is 28.6 Å². The van der Waals surface area contributed by atoms with Crippen molar-refractivity contribution < 1.29 is 4.42 Å². The largest absolute Gasteiger partial charge is 0.456 e. The van der Waals surface area contributed by atoms with E-state index < -0.39 is 0 Å². The van der Waals surface area contributed by atoms with Gasteiger partial charge < -0.3 is 4.42 Å². The molecule has 0 radical (unpaired) electrons. The lowest BCUT2D eigenvalue weighted by Gasteiger charge is -2.19. The molecule has 3 heterocycles. The summed E-state index contributed by atoms with van der Waals surface area (Å²) in [6.45, 7) is 0. The summed E-state index contributed by atoms with van der Waals surface area (Å²) in [5.74, 6) is 2.32. The van der Waals surface area contributed by atoms with Crippen LogP contribution in [0.25, 0.3) is 72.2 Å². The van der Waals surface area contributed by atoms with Crippen LogP contribution in [0.2, 0.25) is 0 Å². The van der Waals surface area contributed by atoms with Gasteiger partial charge in [0.25, 0.3) is 0 Å². The first kappa shape index (κ1) is 27.3. The van der Waals surface area contributed by atoms with Crippen LogP contribution in [0.5, 0.6) is 0 Å². The molecule has 6 aromatic carbocycles. The van der Waals surface area contributed by atoms with Crippen molar-refractivity contribution in [2.75, 3.05) is 0 Å². The lowest BCUT2D eigenvalue weighted by atomic mass is 9.90. The first-order valence-electron chi connectivity index (χ1n) is 16.2. The first-order valence-corrected chi connectivity index (χ1v) is 17.1. The second-order valence-electron chi connectivity index (χ2n) is 12.3. The van der Waals surface area contributed by atoms with Crippen molar-refractivity contribution in [3.8, 4) is 33.9 Å². The third-order valence-electron chi connectivity index (χ3n) is 9.48. The van der Waals surface area contributed by atoms with Crippen LogP contribution >= 0.6 is 11.8 Å². The van der Waals surface area contributed by atoms with Crippen molar-refractivity contribution in [1.29, 1.82) is 0 Å². The van der Waals surface area contributed by atoms with Crippen LogP contribution in [0.3, 0.4) is 0 Å². The van der Waals surface area contributed by atoms with Gasteiger partial charge >= 0.3 is 0 Å². The van der Waals surface area contributed by atoms with Gasteiger partial charge in [0, 0.05) is 43.5 Å². The van der Waals surface area contributed by atoms with E-state index in [-0.39, 0.29) is 0 Å². The van der Waals surface area contributed by atoms with Gasteiger partial charge in [0.15, 0.2) is 17.5 Å². The van der Waals surface area contributed by atoms with E-state index in [1.165, 1.54) is 15.8 Å². The van der Waals surface area contributed by atoms with Gasteiger partial charge in [0.05, 0.1) is 0 Å². The predicted octanol–water partition coefficient (Wildman–Crippen LogP) is 11.1. The highest BCUT2D eigenvalue weighted by atomic mass is 32.2. The SMILES string of the molecule is C1=CC2c3ccccc3SC2C=C1c1nc(-c2ccc3ccccc3c2)nc(-c2ccccc2-c2cccc3oc4ccccc4c23)n1. The number of rotatable bonds is 4. The van der Waals surface area contributed by atoms with Gasteiger partial charge in [-0.25, -0.2) is 15.0 Å². The molecule has 0 amide bonds. The zero-order chi connectivity index (χ0) is 31.6. The maximum Gasteiger partial charge on any atom is 0.164 e. The van der Waals surface area contributed by atoms with Crippen LogP contribution in [0.15, 0.2) is 161 Å². The van der Waals surface area contributed by atoms with E-state index in [1.54, 1.807) is 0 Å². The summed E-state index contributed by atoms with van der Waals surface area (Å²) in [7, 11) is 0. The van der Waals surface area contributed by atoms with E-state index in [1.807, 2.05) is 30.0 Å². The Bertz CT molecular complexity index is 2630. The van der Waals surface area contributed by atoms with Crippen LogP contribution < -0.4 is 0 Å². The summed E-state index contributed by atoms with van der Waals surface area (Å²) in [5.41, 5.74) is 8.18. The fourth-order valence-corrected chi connectivity index (χ4v) is 8.58. The molecule has 1 aliphatic heterocycles. The van der Waals surface area contributed by atoms with Crippen LogP contribution in [-0.4, -0.2) is 20.2 Å².